The van der Waals surface area contributed by atoms with Crippen molar-refractivity contribution in [3.8, 4) is 22.6 Å². The molecule has 11 nitrogen and oxygen atoms in total. The van der Waals surface area contributed by atoms with E-state index in [1.807, 2.05) is 48.7 Å². The fraction of sp³-hybridized carbons (Fsp3) is 0.242. The Hall–Kier alpha value is -5.23. The van der Waals surface area contributed by atoms with Gasteiger partial charge in [0.15, 0.2) is 0 Å². The molecule has 234 valence electrons. The number of amides is 3. The Morgan fingerprint density at radius 1 is 1.02 bits per heavy atom. The average molecular weight is 642 g/mol. The lowest BCUT2D eigenvalue weighted by atomic mass is 10.0. The zero-order valence-corrected chi connectivity index (χ0v) is 25.3. The van der Waals surface area contributed by atoms with E-state index in [9.17, 15) is 18.8 Å². The van der Waals surface area contributed by atoms with Gasteiger partial charge in [-0.3, -0.25) is 19.1 Å². The van der Waals surface area contributed by atoms with Crippen molar-refractivity contribution in [2.45, 2.75) is 31.5 Å². The van der Waals surface area contributed by atoms with Gasteiger partial charge in [-0.2, -0.15) is 10.2 Å². The number of nitrogens with zero attached hydrogens (tertiary/aromatic N) is 5. The molecule has 5 aromatic rings. The fourth-order valence-electron chi connectivity index (χ4n) is 5.96. The van der Waals surface area contributed by atoms with Gasteiger partial charge in [0.1, 0.15) is 30.3 Å². The van der Waals surface area contributed by atoms with Gasteiger partial charge in [-0.1, -0.05) is 35.9 Å². The molecule has 0 unspecified atom stereocenters. The summed E-state index contributed by atoms with van der Waals surface area (Å²) < 4.78 is 23.0. The monoisotopic (exact) mass is 641 g/mol. The predicted molar refractivity (Wildman–Crippen MR) is 168 cm³/mol. The van der Waals surface area contributed by atoms with E-state index in [-0.39, 0.29) is 41.9 Å². The third-order valence-corrected chi connectivity index (χ3v) is 8.44. The van der Waals surface area contributed by atoms with Gasteiger partial charge < -0.3 is 20.3 Å². The fourth-order valence-corrected chi connectivity index (χ4v) is 6.21. The lowest BCUT2D eigenvalue weighted by molar-refractivity contribution is -0.124. The number of aromatic nitrogens is 4. The van der Waals surface area contributed by atoms with Gasteiger partial charge in [0.2, 0.25) is 11.8 Å². The number of hydrogen-bond donors (Lipinski definition) is 2. The molecular weight excluding hydrogens is 613 g/mol. The molecule has 2 aliphatic rings. The van der Waals surface area contributed by atoms with E-state index in [0.29, 0.717) is 30.9 Å². The highest BCUT2D eigenvalue weighted by Crippen LogP contribution is 2.32. The summed E-state index contributed by atoms with van der Waals surface area (Å²) in [5.41, 5.74) is 3.26. The van der Waals surface area contributed by atoms with Gasteiger partial charge in [0.05, 0.1) is 34.5 Å². The van der Waals surface area contributed by atoms with Gasteiger partial charge in [-0.15, -0.1) is 0 Å². The van der Waals surface area contributed by atoms with Crippen molar-refractivity contribution < 1.29 is 23.5 Å². The second-order valence-corrected chi connectivity index (χ2v) is 11.7. The van der Waals surface area contributed by atoms with Gasteiger partial charge >= 0.3 is 0 Å². The lowest BCUT2D eigenvalue weighted by Gasteiger charge is -2.23. The first kappa shape index (κ1) is 29.5. The summed E-state index contributed by atoms with van der Waals surface area (Å²) in [6.07, 6.45) is 5.08. The summed E-state index contributed by atoms with van der Waals surface area (Å²) in [6, 6.07) is 16.5. The van der Waals surface area contributed by atoms with E-state index < -0.39 is 23.9 Å². The summed E-state index contributed by atoms with van der Waals surface area (Å²) in [5.74, 6) is -0.800. The second kappa shape index (κ2) is 12.3. The van der Waals surface area contributed by atoms with Crippen LogP contribution in [0.1, 0.15) is 23.2 Å². The molecule has 2 aromatic heterocycles. The molecule has 4 heterocycles. The Morgan fingerprint density at radius 2 is 1.87 bits per heavy atom. The van der Waals surface area contributed by atoms with Gasteiger partial charge in [-0.05, 0) is 53.9 Å². The molecule has 0 aliphatic carbocycles. The number of carbonyl (C=O) groups excluding carboxylic acids is 3. The van der Waals surface area contributed by atoms with Crippen LogP contribution < -0.4 is 15.4 Å². The number of rotatable bonds is 2. The molecule has 1 fully saturated rings. The molecule has 0 spiro atoms. The maximum absolute atomic E-state index is 13.8. The highest BCUT2D eigenvalue weighted by Gasteiger charge is 2.41. The highest BCUT2D eigenvalue weighted by atomic mass is 35.5. The van der Waals surface area contributed by atoms with Crippen LogP contribution in [0.2, 0.25) is 5.02 Å². The number of likely N-dealkylation sites (tertiary alicyclic amines) is 1. The van der Waals surface area contributed by atoms with Crippen LogP contribution in [0.25, 0.3) is 27.7 Å². The van der Waals surface area contributed by atoms with E-state index in [1.165, 1.54) is 40.2 Å². The molecule has 3 aromatic carbocycles. The molecule has 2 N–H and O–H groups in total. The minimum atomic E-state index is -0.797. The number of hydrogen-bond acceptors (Lipinski definition) is 6. The Labute approximate surface area is 267 Å². The molecule has 1 saturated heterocycles. The standard InChI is InChI=1S/C33H29ClFN7O4/c34-27-13-22(35)8-9-29(27)42-16-21(15-38-42)33(45)41-17-24-14-30(41)32(44)37-11-3-10-36-31(43)19-40-18-26-25(6-2-7-28(26)39-40)20-4-1-5-23(12-20)46-24/h1-2,4-9,12-13,15-16,18,24,30H,3,10-11,14,17,19H2,(H,36,43)(H,37,44)/t24-,30-/m0/s1. The van der Waals surface area contributed by atoms with Crippen molar-refractivity contribution in [2.75, 3.05) is 19.6 Å². The number of halogens is 2. The minimum Gasteiger partial charge on any atom is -0.488 e. The third-order valence-electron chi connectivity index (χ3n) is 8.14. The number of ether oxygens (including phenoxy) is 1. The molecule has 7 rings (SSSR count). The summed E-state index contributed by atoms with van der Waals surface area (Å²) in [4.78, 5) is 41.4. The number of fused-ring (bicyclic) bond motifs is 6. The summed E-state index contributed by atoms with van der Waals surface area (Å²) in [7, 11) is 0. The van der Waals surface area contributed by atoms with E-state index in [1.54, 1.807) is 4.68 Å². The average Bonchev–Trinajstić information content (AvgIpc) is 3.79. The SMILES string of the molecule is O=C1Cn2cc3c(cccc3n2)-c2cccc(c2)O[C@H]2C[C@@H](C(=O)NCCCN1)N(C(=O)c1cnn(-c3ccc(F)cc3Cl)c1)C2. The van der Waals surface area contributed by atoms with E-state index in [4.69, 9.17) is 16.3 Å². The van der Waals surface area contributed by atoms with E-state index >= 15 is 0 Å². The topological polar surface area (TPSA) is 123 Å². The molecule has 3 amide bonds. The van der Waals surface area contributed by atoms with Crippen LogP contribution in [0.3, 0.4) is 0 Å². The van der Waals surface area contributed by atoms with Crippen LogP contribution in [-0.4, -0.2) is 74.0 Å². The Morgan fingerprint density at radius 3 is 2.74 bits per heavy atom. The van der Waals surface area contributed by atoms with Crippen LogP contribution in [0, 0.1) is 5.82 Å². The molecule has 2 atom stereocenters. The molecular formula is C33H29ClFN7O4. The smallest absolute Gasteiger partial charge is 0.257 e. The van der Waals surface area contributed by atoms with Crippen molar-refractivity contribution in [3.05, 3.63) is 95.7 Å². The summed E-state index contributed by atoms with van der Waals surface area (Å²) in [5, 5.41) is 15.7. The first-order valence-corrected chi connectivity index (χ1v) is 15.3. The summed E-state index contributed by atoms with van der Waals surface area (Å²) in [6.45, 7) is 0.902. The Kier molecular flexibility index (Phi) is 7.87. The van der Waals surface area contributed by atoms with Gasteiger partial charge in [-0.25, -0.2) is 9.07 Å². The quantitative estimate of drug-likeness (QED) is 0.301. The van der Waals surface area contributed by atoms with Crippen molar-refractivity contribution in [1.82, 2.24) is 35.1 Å². The first-order chi connectivity index (χ1) is 22.3. The zero-order valence-electron chi connectivity index (χ0n) is 24.5. The molecule has 6 bridgehead atoms. The third kappa shape index (κ3) is 5.91. The number of benzene rings is 3. The predicted octanol–water partition coefficient (Wildman–Crippen LogP) is 3.98. The minimum absolute atomic E-state index is 0.0639. The molecule has 2 aliphatic heterocycles. The number of nitrogens with one attached hydrogen (secondary N) is 2. The Balaban J connectivity index is 1.18. The second-order valence-electron chi connectivity index (χ2n) is 11.3. The number of carbonyl (C=O) groups is 3. The normalized spacial score (nSPS) is 18.8. The van der Waals surface area contributed by atoms with Crippen molar-refractivity contribution in [1.29, 1.82) is 0 Å². The zero-order chi connectivity index (χ0) is 31.8. The van der Waals surface area contributed by atoms with Crippen LogP contribution >= 0.6 is 11.6 Å². The maximum atomic E-state index is 13.8. The van der Waals surface area contributed by atoms with Crippen LogP contribution in [0.4, 0.5) is 4.39 Å². The van der Waals surface area contributed by atoms with Crippen LogP contribution in [0.15, 0.2) is 79.3 Å². The van der Waals surface area contributed by atoms with E-state index in [2.05, 4.69) is 20.8 Å². The summed E-state index contributed by atoms with van der Waals surface area (Å²) >= 11 is 6.21. The molecule has 13 heteroatoms. The van der Waals surface area contributed by atoms with Gasteiger partial charge in [0, 0.05) is 37.3 Å². The van der Waals surface area contributed by atoms with Crippen molar-refractivity contribution in [3.63, 3.8) is 0 Å². The largest absolute Gasteiger partial charge is 0.488 e. The molecule has 46 heavy (non-hydrogen) atoms. The first-order valence-electron chi connectivity index (χ1n) is 14.9. The maximum Gasteiger partial charge on any atom is 0.257 e. The van der Waals surface area contributed by atoms with E-state index in [0.717, 1.165) is 22.0 Å². The lowest BCUT2D eigenvalue weighted by Crippen LogP contribution is -2.46. The van der Waals surface area contributed by atoms with Crippen LogP contribution in [0.5, 0.6) is 5.75 Å². The van der Waals surface area contributed by atoms with Gasteiger partial charge in [0.25, 0.3) is 5.91 Å². The Bertz CT molecular complexity index is 1970. The molecule has 0 saturated carbocycles. The van der Waals surface area contributed by atoms with Crippen molar-refractivity contribution >= 4 is 40.2 Å². The highest BCUT2D eigenvalue weighted by molar-refractivity contribution is 6.32. The molecule has 0 radical (unpaired) electrons. The van der Waals surface area contributed by atoms with Crippen molar-refractivity contribution in [2.24, 2.45) is 0 Å². The van der Waals surface area contributed by atoms with Crippen LogP contribution in [-0.2, 0) is 16.1 Å².